The maximum atomic E-state index is 13.8. The van der Waals surface area contributed by atoms with Crippen molar-refractivity contribution in [3.8, 4) is 5.75 Å². The Kier molecular flexibility index (Phi) is 8.60. The van der Waals surface area contributed by atoms with Crippen LogP contribution in [0.15, 0.2) is 67.1 Å². The van der Waals surface area contributed by atoms with Gasteiger partial charge in [-0.3, -0.25) is 14.6 Å². The van der Waals surface area contributed by atoms with E-state index in [2.05, 4.69) is 15.3 Å². The molecule has 1 atom stereocenters. The summed E-state index contributed by atoms with van der Waals surface area (Å²) in [5.74, 6) is -0.391. The fraction of sp³-hybridized carbons (Fsp3) is 0.357. The van der Waals surface area contributed by atoms with Crippen molar-refractivity contribution in [3.63, 3.8) is 0 Å². The number of halogens is 1. The molecule has 2 amide bonds. The van der Waals surface area contributed by atoms with Gasteiger partial charge in [0.15, 0.2) is 0 Å². The minimum Gasteiger partial charge on any atom is -0.494 e. The number of carbonyl (C=O) groups is 2. The van der Waals surface area contributed by atoms with Gasteiger partial charge in [0.05, 0.1) is 12.8 Å². The molecule has 1 heterocycles. The van der Waals surface area contributed by atoms with Gasteiger partial charge in [-0.2, -0.15) is 0 Å². The van der Waals surface area contributed by atoms with Gasteiger partial charge in [-0.15, -0.1) is 0 Å². The summed E-state index contributed by atoms with van der Waals surface area (Å²) in [7, 11) is 0. The molecule has 4 rings (SSSR count). The smallest absolute Gasteiger partial charge is 0.275 e. The maximum absolute atomic E-state index is 13.8. The van der Waals surface area contributed by atoms with E-state index in [9.17, 15) is 14.0 Å². The third-order valence-electron chi connectivity index (χ3n) is 6.33. The first-order chi connectivity index (χ1) is 17.5. The largest absolute Gasteiger partial charge is 0.494 e. The molecule has 3 aromatic rings. The first-order valence-electron chi connectivity index (χ1n) is 12.4. The summed E-state index contributed by atoms with van der Waals surface area (Å²) in [5, 5.41) is 3.18. The number of rotatable bonds is 9. The second-order valence-corrected chi connectivity index (χ2v) is 8.90. The number of aromatic nitrogens is 2. The summed E-state index contributed by atoms with van der Waals surface area (Å²) >= 11 is 0. The van der Waals surface area contributed by atoms with Gasteiger partial charge in [-0.1, -0.05) is 43.5 Å². The molecule has 2 aromatic carbocycles. The Balaban J connectivity index is 1.73. The monoisotopic (exact) mass is 490 g/mol. The quantitative estimate of drug-likeness (QED) is 0.464. The molecule has 1 fully saturated rings. The van der Waals surface area contributed by atoms with E-state index in [1.165, 1.54) is 35.6 Å². The van der Waals surface area contributed by atoms with Gasteiger partial charge < -0.3 is 15.0 Å². The normalized spacial score (nSPS) is 14.6. The highest BCUT2D eigenvalue weighted by Gasteiger charge is 2.34. The predicted octanol–water partition coefficient (Wildman–Crippen LogP) is 4.85. The van der Waals surface area contributed by atoms with Crippen molar-refractivity contribution in [2.45, 2.75) is 57.7 Å². The van der Waals surface area contributed by atoms with Gasteiger partial charge in [0.2, 0.25) is 5.91 Å². The topological polar surface area (TPSA) is 84.4 Å². The Morgan fingerprint density at radius 3 is 2.42 bits per heavy atom. The number of benzene rings is 2. The number of carbonyl (C=O) groups excluding carboxylic acids is 2. The zero-order valence-electron chi connectivity index (χ0n) is 20.4. The van der Waals surface area contributed by atoms with Crippen LogP contribution in [0.5, 0.6) is 5.75 Å². The molecule has 0 aliphatic heterocycles. The lowest BCUT2D eigenvalue weighted by atomic mass is 9.94. The summed E-state index contributed by atoms with van der Waals surface area (Å²) in [6.07, 6.45) is 9.44. The summed E-state index contributed by atoms with van der Waals surface area (Å²) in [4.78, 5) is 37.2. The van der Waals surface area contributed by atoms with Crippen LogP contribution in [-0.4, -0.2) is 39.3 Å². The molecule has 188 valence electrons. The van der Waals surface area contributed by atoms with E-state index in [1.807, 2.05) is 6.92 Å². The van der Waals surface area contributed by atoms with Crippen LogP contribution < -0.4 is 10.1 Å². The number of nitrogens with one attached hydrogen (secondary N) is 1. The molecule has 0 saturated heterocycles. The van der Waals surface area contributed by atoms with Crippen LogP contribution in [0.1, 0.15) is 66.7 Å². The van der Waals surface area contributed by atoms with Crippen molar-refractivity contribution >= 4 is 11.8 Å². The average molecular weight is 491 g/mol. The molecule has 0 radical (unpaired) electrons. The Labute approximate surface area is 210 Å². The Bertz CT molecular complexity index is 1130. The third kappa shape index (κ3) is 6.44. The Morgan fingerprint density at radius 1 is 1.06 bits per heavy atom. The SMILES string of the molecule is CCOc1ccc(C(C(=O)NC2CCCCC2)N(Cc2ccc(F)cc2)C(=O)c2cnccn2)cc1. The van der Waals surface area contributed by atoms with Crippen LogP contribution in [0.4, 0.5) is 4.39 Å². The van der Waals surface area contributed by atoms with E-state index in [4.69, 9.17) is 4.74 Å². The van der Waals surface area contributed by atoms with Crippen LogP contribution >= 0.6 is 0 Å². The lowest BCUT2D eigenvalue weighted by Gasteiger charge is -2.33. The first kappa shape index (κ1) is 25.3. The Morgan fingerprint density at radius 2 is 1.78 bits per heavy atom. The molecule has 1 aliphatic rings. The number of hydrogen-bond acceptors (Lipinski definition) is 5. The fourth-order valence-electron chi connectivity index (χ4n) is 4.54. The lowest BCUT2D eigenvalue weighted by Crippen LogP contribution is -2.47. The average Bonchev–Trinajstić information content (AvgIpc) is 2.91. The van der Waals surface area contributed by atoms with E-state index < -0.39 is 11.9 Å². The zero-order valence-corrected chi connectivity index (χ0v) is 20.4. The molecule has 1 N–H and O–H groups in total. The highest BCUT2D eigenvalue weighted by atomic mass is 19.1. The molecule has 1 saturated carbocycles. The van der Waals surface area contributed by atoms with Crippen LogP contribution in [0, 0.1) is 5.82 Å². The van der Waals surface area contributed by atoms with Gasteiger partial charge in [-0.05, 0) is 55.2 Å². The van der Waals surface area contributed by atoms with E-state index >= 15 is 0 Å². The van der Waals surface area contributed by atoms with Crippen molar-refractivity contribution < 1.29 is 18.7 Å². The molecule has 0 spiro atoms. The van der Waals surface area contributed by atoms with Crippen molar-refractivity contribution in [1.82, 2.24) is 20.2 Å². The molecule has 7 nitrogen and oxygen atoms in total. The molecule has 36 heavy (non-hydrogen) atoms. The van der Waals surface area contributed by atoms with Gasteiger partial charge in [0.1, 0.15) is 23.3 Å². The van der Waals surface area contributed by atoms with Crippen LogP contribution in [0.25, 0.3) is 0 Å². The van der Waals surface area contributed by atoms with Gasteiger partial charge >= 0.3 is 0 Å². The minimum atomic E-state index is -0.929. The third-order valence-corrected chi connectivity index (χ3v) is 6.33. The van der Waals surface area contributed by atoms with Gasteiger partial charge in [0, 0.05) is 25.0 Å². The molecule has 1 aliphatic carbocycles. The molecule has 1 unspecified atom stereocenters. The van der Waals surface area contributed by atoms with Gasteiger partial charge in [0.25, 0.3) is 5.91 Å². The molecular formula is C28H31FN4O3. The van der Waals surface area contributed by atoms with Crippen molar-refractivity contribution in [2.24, 2.45) is 0 Å². The summed E-state index contributed by atoms with van der Waals surface area (Å²) in [6, 6.07) is 12.2. The lowest BCUT2D eigenvalue weighted by molar-refractivity contribution is -0.127. The standard InChI is InChI=1S/C28H31FN4O3/c1-2-36-24-14-10-21(11-15-24)26(27(34)32-23-6-4-3-5-7-23)33(19-20-8-12-22(29)13-9-20)28(35)25-18-30-16-17-31-25/h8-18,23,26H,2-7,19H2,1H3,(H,32,34). The number of nitrogens with zero attached hydrogens (tertiary/aromatic N) is 3. The van der Waals surface area contributed by atoms with E-state index in [1.54, 1.807) is 36.4 Å². The van der Waals surface area contributed by atoms with E-state index in [-0.39, 0.29) is 30.0 Å². The highest BCUT2D eigenvalue weighted by Crippen LogP contribution is 2.28. The second-order valence-electron chi connectivity index (χ2n) is 8.90. The van der Waals surface area contributed by atoms with Crippen molar-refractivity contribution in [1.29, 1.82) is 0 Å². The fourth-order valence-corrected chi connectivity index (χ4v) is 4.54. The predicted molar refractivity (Wildman–Crippen MR) is 134 cm³/mol. The van der Waals surface area contributed by atoms with Gasteiger partial charge in [-0.25, -0.2) is 9.37 Å². The number of amides is 2. The first-order valence-corrected chi connectivity index (χ1v) is 12.4. The van der Waals surface area contributed by atoms with Crippen LogP contribution in [0.3, 0.4) is 0 Å². The molecule has 0 bridgehead atoms. The maximum Gasteiger partial charge on any atom is 0.275 e. The minimum absolute atomic E-state index is 0.0655. The highest BCUT2D eigenvalue weighted by molar-refractivity contribution is 5.96. The molecule has 1 aromatic heterocycles. The zero-order chi connectivity index (χ0) is 25.3. The van der Waals surface area contributed by atoms with Crippen molar-refractivity contribution in [3.05, 3.63) is 89.8 Å². The van der Waals surface area contributed by atoms with E-state index in [0.717, 1.165) is 32.1 Å². The Hall–Kier alpha value is -3.81. The molecular weight excluding hydrogens is 459 g/mol. The summed E-state index contributed by atoms with van der Waals surface area (Å²) in [5.41, 5.74) is 1.46. The van der Waals surface area contributed by atoms with E-state index in [0.29, 0.717) is 23.5 Å². The number of hydrogen-bond donors (Lipinski definition) is 1. The number of ether oxygens (including phenoxy) is 1. The molecule has 8 heteroatoms. The van der Waals surface area contributed by atoms with Crippen LogP contribution in [-0.2, 0) is 11.3 Å². The summed E-state index contributed by atoms with van der Waals surface area (Å²) < 4.78 is 19.2. The van der Waals surface area contributed by atoms with Crippen molar-refractivity contribution in [2.75, 3.05) is 6.61 Å². The summed E-state index contributed by atoms with van der Waals surface area (Å²) in [6.45, 7) is 2.51. The van der Waals surface area contributed by atoms with Crippen LogP contribution in [0.2, 0.25) is 0 Å². The second kappa shape index (κ2) is 12.2.